The number of benzene rings is 1. The standard InChI is InChI=1S/C20H32N2O2/c1-7-10-18(23)22(14-16-12-9-11-15(3)13-16)17(8-2)19(24)21-20(4,5)6/h9,11-13,17H,7-8,10,14H2,1-6H3,(H,21,24). The molecular formula is C20H32N2O2. The summed E-state index contributed by atoms with van der Waals surface area (Å²) in [7, 11) is 0. The van der Waals surface area contributed by atoms with Gasteiger partial charge >= 0.3 is 0 Å². The van der Waals surface area contributed by atoms with Crippen LogP contribution < -0.4 is 5.32 Å². The van der Waals surface area contributed by atoms with Gasteiger partial charge in [-0.15, -0.1) is 0 Å². The van der Waals surface area contributed by atoms with Crippen molar-refractivity contribution in [3.8, 4) is 0 Å². The van der Waals surface area contributed by atoms with E-state index in [4.69, 9.17) is 0 Å². The zero-order valence-electron chi connectivity index (χ0n) is 16.0. The van der Waals surface area contributed by atoms with E-state index in [1.54, 1.807) is 4.90 Å². The summed E-state index contributed by atoms with van der Waals surface area (Å²) in [6, 6.07) is 7.66. The number of nitrogens with zero attached hydrogens (tertiary/aromatic N) is 1. The van der Waals surface area contributed by atoms with Gasteiger partial charge in [-0.3, -0.25) is 9.59 Å². The van der Waals surface area contributed by atoms with E-state index in [9.17, 15) is 9.59 Å². The number of aryl methyl sites for hydroxylation is 1. The van der Waals surface area contributed by atoms with E-state index in [0.717, 1.165) is 17.5 Å². The number of nitrogens with one attached hydrogen (secondary N) is 1. The van der Waals surface area contributed by atoms with Crippen molar-refractivity contribution < 1.29 is 9.59 Å². The third-order valence-corrected chi connectivity index (χ3v) is 3.78. The highest BCUT2D eigenvalue weighted by molar-refractivity contribution is 5.88. The van der Waals surface area contributed by atoms with Crippen LogP contribution in [0, 0.1) is 6.92 Å². The molecule has 2 amide bonds. The van der Waals surface area contributed by atoms with Gasteiger partial charge in [-0.1, -0.05) is 43.7 Å². The molecule has 1 aromatic carbocycles. The largest absolute Gasteiger partial charge is 0.350 e. The van der Waals surface area contributed by atoms with Crippen molar-refractivity contribution in [2.75, 3.05) is 0 Å². The third kappa shape index (κ3) is 6.34. The van der Waals surface area contributed by atoms with E-state index in [0.29, 0.717) is 19.4 Å². The molecule has 1 rings (SSSR count). The Balaban J connectivity index is 3.05. The first-order chi connectivity index (χ1) is 11.2. The van der Waals surface area contributed by atoms with Gasteiger partial charge in [0.25, 0.3) is 0 Å². The summed E-state index contributed by atoms with van der Waals surface area (Å²) in [6.45, 7) is 12.3. The zero-order chi connectivity index (χ0) is 18.3. The fourth-order valence-electron chi connectivity index (χ4n) is 2.74. The molecule has 0 aliphatic rings. The van der Waals surface area contributed by atoms with Crippen molar-refractivity contribution in [2.24, 2.45) is 0 Å². The van der Waals surface area contributed by atoms with Crippen molar-refractivity contribution in [2.45, 2.75) is 78.9 Å². The Morgan fingerprint density at radius 2 is 1.88 bits per heavy atom. The Morgan fingerprint density at radius 1 is 1.21 bits per heavy atom. The van der Waals surface area contributed by atoms with Crippen molar-refractivity contribution >= 4 is 11.8 Å². The van der Waals surface area contributed by atoms with Crippen LogP contribution in [0.1, 0.15) is 65.0 Å². The minimum atomic E-state index is -0.441. The number of hydrogen-bond acceptors (Lipinski definition) is 2. The van der Waals surface area contributed by atoms with Crippen LogP contribution in [0.15, 0.2) is 24.3 Å². The number of hydrogen-bond donors (Lipinski definition) is 1. The van der Waals surface area contributed by atoms with Crippen LogP contribution in [0.2, 0.25) is 0 Å². The Hall–Kier alpha value is -1.84. The molecule has 0 bridgehead atoms. The van der Waals surface area contributed by atoms with Gasteiger partial charge < -0.3 is 10.2 Å². The number of carbonyl (C=O) groups is 2. The van der Waals surface area contributed by atoms with Crippen molar-refractivity contribution in [3.05, 3.63) is 35.4 Å². The molecule has 134 valence electrons. The summed E-state index contributed by atoms with van der Waals surface area (Å²) in [5.74, 6) is -0.0444. The van der Waals surface area contributed by atoms with Gasteiger partial charge in [0.2, 0.25) is 11.8 Å². The molecule has 1 N–H and O–H groups in total. The molecule has 0 radical (unpaired) electrons. The summed E-state index contributed by atoms with van der Waals surface area (Å²) in [5.41, 5.74) is 1.90. The maximum absolute atomic E-state index is 12.7. The van der Waals surface area contributed by atoms with Crippen LogP contribution in [0.3, 0.4) is 0 Å². The highest BCUT2D eigenvalue weighted by Crippen LogP contribution is 2.16. The lowest BCUT2D eigenvalue weighted by Gasteiger charge is -2.33. The Kier molecular flexibility index (Phi) is 7.46. The fourth-order valence-corrected chi connectivity index (χ4v) is 2.74. The van der Waals surface area contributed by atoms with E-state index < -0.39 is 6.04 Å². The van der Waals surface area contributed by atoms with E-state index in [1.165, 1.54) is 0 Å². The molecule has 24 heavy (non-hydrogen) atoms. The van der Waals surface area contributed by atoms with E-state index >= 15 is 0 Å². The second-order valence-electron chi connectivity index (χ2n) is 7.42. The lowest BCUT2D eigenvalue weighted by Crippen LogP contribution is -2.53. The molecule has 0 heterocycles. The van der Waals surface area contributed by atoms with Gasteiger partial charge in [-0.25, -0.2) is 0 Å². The molecular weight excluding hydrogens is 300 g/mol. The molecule has 4 nitrogen and oxygen atoms in total. The monoisotopic (exact) mass is 332 g/mol. The average molecular weight is 332 g/mol. The highest BCUT2D eigenvalue weighted by Gasteiger charge is 2.30. The fraction of sp³-hybridized carbons (Fsp3) is 0.600. The summed E-state index contributed by atoms with van der Waals surface area (Å²) in [4.78, 5) is 27.1. The van der Waals surface area contributed by atoms with Gasteiger partial charge in [0.15, 0.2) is 0 Å². The van der Waals surface area contributed by atoms with Gasteiger partial charge in [-0.05, 0) is 46.1 Å². The van der Waals surface area contributed by atoms with Crippen LogP contribution in [0.5, 0.6) is 0 Å². The van der Waals surface area contributed by atoms with Gasteiger partial charge in [-0.2, -0.15) is 0 Å². The summed E-state index contributed by atoms with van der Waals surface area (Å²) in [6.07, 6.45) is 1.84. The number of rotatable bonds is 7. The number of amides is 2. The first-order valence-corrected chi connectivity index (χ1v) is 8.85. The SMILES string of the molecule is CCCC(=O)N(Cc1cccc(C)c1)C(CC)C(=O)NC(C)(C)C. The molecule has 0 saturated carbocycles. The molecule has 1 atom stereocenters. The Bertz CT molecular complexity index is 561. The zero-order valence-corrected chi connectivity index (χ0v) is 16.0. The predicted molar refractivity (Wildman–Crippen MR) is 98.6 cm³/mol. The maximum Gasteiger partial charge on any atom is 0.243 e. The van der Waals surface area contributed by atoms with Gasteiger partial charge in [0, 0.05) is 18.5 Å². The molecule has 0 aliphatic carbocycles. The first kappa shape index (κ1) is 20.2. The molecule has 0 spiro atoms. The molecule has 1 aromatic rings. The normalized spacial score (nSPS) is 12.6. The molecule has 0 aliphatic heterocycles. The third-order valence-electron chi connectivity index (χ3n) is 3.78. The van der Waals surface area contributed by atoms with Crippen LogP contribution in [0.25, 0.3) is 0 Å². The Labute approximate surface area is 146 Å². The van der Waals surface area contributed by atoms with Crippen molar-refractivity contribution in [1.29, 1.82) is 0 Å². The maximum atomic E-state index is 12.7. The summed E-state index contributed by atoms with van der Waals surface area (Å²) >= 11 is 0. The van der Waals surface area contributed by atoms with Gasteiger partial charge in [0.05, 0.1) is 0 Å². The van der Waals surface area contributed by atoms with Crippen LogP contribution in [-0.2, 0) is 16.1 Å². The minimum Gasteiger partial charge on any atom is -0.350 e. The van der Waals surface area contributed by atoms with E-state index in [2.05, 4.69) is 11.4 Å². The minimum absolute atomic E-state index is 0.0370. The molecule has 0 saturated heterocycles. The lowest BCUT2D eigenvalue weighted by atomic mass is 10.0. The molecule has 0 aromatic heterocycles. The smallest absolute Gasteiger partial charge is 0.243 e. The molecule has 4 heteroatoms. The van der Waals surface area contributed by atoms with E-state index in [1.807, 2.05) is 59.7 Å². The summed E-state index contributed by atoms with van der Waals surface area (Å²) < 4.78 is 0. The van der Waals surface area contributed by atoms with Crippen molar-refractivity contribution in [1.82, 2.24) is 10.2 Å². The average Bonchev–Trinajstić information content (AvgIpc) is 2.45. The predicted octanol–water partition coefficient (Wildman–Crippen LogP) is 3.82. The first-order valence-electron chi connectivity index (χ1n) is 8.85. The second-order valence-corrected chi connectivity index (χ2v) is 7.42. The second kappa shape index (κ2) is 8.86. The van der Waals surface area contributed by atoms with Crippen LogP contribution >= 0.6 is 0 Å². The number of carbonyl (C=O) groups excluding carboxylic acids is 2. The van der Waals surface area contributed by atoms with E-state index in [-0.39, 0.29) is 17.4 Å². The summed E-state index contributed by atoms with van der Waals surface area (Å²) in [5, 5.41) is 3.01. The van der Waals surface area contributed by atoms with Crippen molar-refractivity contribution in [3.63, 3.8) is 0 Å². The quantitative estimate of drug-likeness (QED) is 0.825. The molecule has 1 unspecified atom stereocenters. The van der Waals surface area contributed by atoms with Crippen LogP contribution in [0.4, 0.5) is 0 Å². The highest BCUT2D eigenvalue weighted by atomic mass is 16.2. The van der Waals surface area contributed by atoms with Crippen LogP contribution in [-0.4, -0.2) is 28.3 Å². The topological polar surface area (TPSA) is 49.4 Å². The van der Waals surface area contributed by atoms with Gasteiger partial charge in [0.1, 0.15) is 6.04 Å². The molecule has 0 fully saturated rings. The Morgan fingerprint density at radius 3 is 2.38 bits per heavy atom. The lowest BCUT2D eigenvalue weighted by molar-refractivity contribution is -0.142.